The minimum atomic E-state index is -0.856. The number of hydrogen-bond acceptors (Lipinski definition) is 3. The summed E-state index contributed by atoms with van der Waals surface area (Å²) >= 11 is 5.86. The van der Waals surface area contributed by atoms with Gasteiger partial charge in [-0.2, -0.15) is 0 Å². The van der Waals surface area contributed by atoms with Crippen molar-refractivity contribution in [3.8, 4) is 0 Å². The lowest BCUT2D eigenvalue weighted by atomic mass is 10.1. The highest BCUT2D eigenvalue weighted by atomic mass is 35.5. The van der Waals surface area contributed by atoms with Gasteiger partial charge in [0.2, 0.25) is 5.91 Å². The van der Waals surface area contributed by atoms with Crippen molar-refractivity contribution in [1.29, 1.82) is 0 Å². The van der Waals surface area contributed by atoms with E-state index in [0.717, 1.165) is 5.56 Å². The van der Waals surface area contributed by atoms with Crippen LogP contribution in [0.4, 0.5) is 0 Å². The van der Waals surface area contributed by atoms with Crippen molar-refractivity contribution in [3.63, 3.8) is 0 Å². The molecule has 1 aromatic carbocycles. The van der Waals surface area contributed by atoms with E-state index in [2.05, 4.69) is 5.32 Å². The van der Waals surface area contributed by atoms with Gasteiger partial charge < -0.3 is 4.90 Å². The van der Waals surface area contributed by atoms with Crippen LogP contribution in [0.5, 0.6) is 0 Å². The van der Waals surface area contributed by atoms with Crippen molar-refractivity contribution in [2.45, 2.75) is 13.1 Å². The lowest BCUT2D eigenvalue weighted by Gasteiger charge is -2.24. The van der Waals surface area contributed by atoms with Crippen LogP contribution in [0.1, 0.15) is 18.7 Å². The Hall–Kier alpha value is -0.910. The van der Waals surface area contributed by atoms with Crippen LogP contribution in [0.25, 0.3) is 0 Å². The number of benzene rings is 1. The van der Waals surface area contributed by atoms with Crippen LogP contribution in [0.3, 0.4) is 0 Å². The van der Waals surface area contributed by atoms with Crippen LogP contribution in [0.2, 0.25) is 5.02 Å². The first-order valence-corrected chi connectivity index (χ1v) is 8.11. The van der Waals surface area contributed by atoms with E-state index >= 15 is 0 Å². The Bertz CT molecular complexity index is 478. The number of carbonyl (C=O) groups is 1. The van der Waals surface area contributed by atoms with Crippen LogP contribution < -0.4 is 5.32 Å². The minimum absolute atomic E-state index is 0.0491. The van der Waals surface area contributed by atoms with E-state index in [1.807, 2.05) is 31.2 Å². The molecule has 1 aliphatic heterocycles. The van der Waals surface area contributed by atoms with Gasteiger partial charge in [-0.15, -0.1) is 0 Å². The van der Waals surface area contributed by atoms with Crippen LogP contribution in [-0.4, -0.2) is 39.6 Å². The van der Waals surface area contributed by atoms with Crippen molar-refractivity contribution >= 4 is 28.3 Å². The zero-order chi connectivity index (χ0) is 13.8. The third-order valence-corrected chi connectivity index (χ3v) is 4.68. The molecule has 1 heterocycles. The number of nitrogens with one attached hydrogen (secondary N) is 1. The molecule has 2 unspecified atom stereocenters. The van der Waals surface area contributed by atoms with Gasteiger partial charge in [0.15, 0.2) is 0 Å². The van der Waals surface area contributed by atoms with Crippen molar-refractivity contribution in [1.82, 2.24) is 10.2 Å². The first kappa shape index (κ1) is 14.5. The van der Waals surface area contributed by atoms with Crippen molar-refractivity contribution in [2.75, 3.05) is 24.6 Å². The molecule has 0 aliphatic carbocycles. The molecule has 2 atom stereocenters. The van der Waals surface area contributed by atoms with E-state index < -0.39 is 10.8 Å². The number of hydrogen-bond donors (Lipinski definition) is 1. The maximum atomic E-state index is 11.9. The Kier molecular flexibility index (Phi) is 4.96. The summed E-state index contributed by atoms with van der Waals surface area (Å²) in [4.78, 5) is 13.6. The lowest BCUT2D eigenvalue weighted by molar-refractivity contribution is -0.127. The average molecular weight is 301 g/mol. The standard InChI is InChI=1S/C13H17ClN2O2S/c1-2-19(18)8-7-16-12(17)9-15-13(16)10-3-5-11(14)6-4-10/h3-6,13,15H,2,7-9H2,1H3. The van der Waals surface area contributed by atoms with E-state index in [4.69, 9.17) is 11.6 Å². The summed E-state index contributed by atoms with van der Waals surface area (Å²) in [5, 5.41) is 3.84. The Morgan fingerprint density at radius 3 is 2.74 bits per heavy atom. The van der Waals surface area contributed by atoms with Crippen LogP contribution in [-0.2, 0) is 15.6 Å². The summed E-state index contributed by atoms with van der Waals surface area (Å²) in [6, 6.07) is 7.43. The minimum Gasteiger partial charge on any atom is -0.321 e. The number of carbonyl (C=O) groups excluding carboxylic acids is 1. The van der Waals surface area contributed by atoms with Gasteiger partial charge in [0.25, 0.3) is 0 Å². The fraction of sp³-hybridized carbons (Fsp3) is 0.462. The third-order valence-electron chi connectivity index (χ3n) is 3.15. The fourth-order valence-corrected chi connectivity index (χ4v) is 2.90. The quantitative estimate of drug-likeness (QED) is 0.897. The summed E-state index contributed by atoms with van der Waals surface area (Å²) in [7, 11) is -0.856. The molecule has 2 rings (SSSR count). The molecular weight excluding hydrogens is 284 g/mol. The van der Waals surface area contributed by atoms with Gasteiger partial charge >= 0.3 is 0 Å². The van der Waals surface area contributed by atoms with Gasteiger partial charge in [-0.3, -0.25) is 14.3 Å². The molecule has 19 heavy (non-hydrogen) atoms. The molecule has 0 spiro atoms. The second-order valence-corrected chi connectivity index (χ2v) is 6.66. The molecule has 6 heteroatoms. The van der Waals surface area contributed by atoms with Crippen LogP contribution >= 0.6 is 11.6 Å². The summed E-state index contributed by atoms with van der Waals surface area (Å²) < 4.78 is 11.5. The zero-order valence-corrected chi connectivity index (χ0v) is 12.3. The number of nitrogens with zero attached hydrogens (tertiary/aromatic N) is 1. The number of rotatable bonds is 5. The maximum Gasteiger partial charge on any atom is 0.238 e. The Morgan fingerprint density at radius 2 is 2.11 bits per heavy atom. The first-order valence-electron chi connectivity index (χ1n) is 6.25. The average Bonchev–Trinajstić information content (AvgIpc) is 2.78. The molecule has 1 aromatic rings. The van der Waals surface area contributed by atoms with E-state index in [9.17, 15) is 9.00 Å². The van der Waals surface area contributed by atoms with Gasteiger partial charge in [0.05, 0.1) is 6.54 Å². The molecule has 0 saturated carbocycles. The number of halogens is 1. The smallest absolute Gasteiger partial charge is 0.238 e. The van der Waals surface area contributed by atoms with Gasteiger partial charge in [0.1, 0.15) is 6.17 Å². The molecule has 4 nitrogen and oxygen atoms in total. The normalized spacial score (nSPS) is 20.8. The van der Waals surface area contributed by atoms with Crippen LogP contribution in [0, 0.1) is 0 Å². The molecule has 0 radical (unpaired) electrons. The summed E-state index contributed by atoms with van der Waals surface area (Å²) in [5.74, 6) is 1.20. The fourth-order valence-electron chi connectivity index (χ4n) is 2.08. The number of amides is 1. The second-order valence-electron chi connectivity index (χ2n) is 4.35. The van der Waals surface area contributed by atoms with E-state index in [1.165, 1.54) is 0 Å². The first-order chi connectivity index (χ1) is 9.11. The predicted molar refractivity (Wildman–Crippen MR) is 77.5 cm³/mol. The highest BCUT2D eigenvalue weighted by molar-refractivity contribution is 7.84. The molecule has 0 aromatic heterocycles. The topological polar surface area (TPSA) is 49.4 Å². The predicted octanol–water partition coefficient (Wildman–Crippen LogP) is 1.54. The highest BCUT2D eigenvalue weighted by Gasteiger charge is 2.31. The molecule has 1 amide bonds. The maximum absolute atomic E-state index is 11.9. The monoisotopic (exact) mass is 300 g/mol. The van der Waals surface area contributed by atoms with Crippen molar-refractivity contribution < 1.29 is 9.00 Å². The summed E-state index contributed by atoms with van der Waals surface area (Å²) in [6.07, 6.45) is -0.140. The molecule has 1 N–H and O–H groups in total. The van der Waals surface area contributed by atoms with Crippen molar-refractivity contribution in [3.05, 3.63) is 34.9 Å². The largest absolute Gasteiger partial charge is 0.321 e. The third kappa shape index (κ3) is 3.55. The lowest BCUT2D eigenvalue weighted by Crippen LogP contribution is -2.33. The van der Waals surface area contributed by atoms with E-state index in [0.29, 0.717) is 29.6 Å². The Balaban J connectivity index is 2.08. The molecule has 1 aliphatic rings. The Labute approximate surface area is 120 Å². The Morgan fingerprint density at radius 1 is 1.42 bits per heavy atom. The molecule has 0 bridgehead atoms. The zero-order valence-electron chi connectivity index (χ0n) is 10.8. The summed E-state index contributed by atoms with van der Waals surface area (Å²) in [5.41, 5.74) is 0.998. The van der Waals surface area contributed by atoms with Gasteiger partial charge in [-0.1, -0.05) is 30.7 Å². The van der Waals surface area contributed by atoms with E-state index in [-0.39, 0.29) is 12.1 Å². The molecule has 1 saturated heterocycles. The van der Waals surface area contributed by atoms with Gasteiger partial charge in [-0.05, 0) is 17.7 Å². The van der Waals surface area contributed by atoms with Crippen molar-refractivity contribution in [2.24, 2.45) is 0 Å². The molecule has 104 valence electrons. The molecular formula is C13H17ClN2O2S. The van der Waals surface area contributed by atoms with Gasteiger partial charge in [0, 0.05) is 33.9 Å². The summed E-state index contributed by atoms with van der Waals surface area (Å²) in [6.45, 7) is 2.72. The van der Waals surface area contributed by atoms with Gasteiger partial charge in [-0.25, -0.2) is 0 Å². The van der Waals surface area contributed by atoms with Crippen LogP contribution in [0.15, 0.2) is 24.3 Å². The van der Waals surface area contributed by atoms with E-state index in [1.54, 1.807) is 4.90 Å². The highest BCUT2D eigenvalue weighted by Crippen LogP contribution is 2.23. The molecule has 1 fully saturated rings. The second kappa shape index (κ2) is 6.50. The SMILES string of the molecule is CCS(=O)CCN1C(=O)CNC1c1ccc(Cl)cc1.